The van der Waals surface area contributed by atoms with Crippen LogP contribution in [0.5, 0.6) is 0 Å². The molecular formula is C18H16FN3O. The molecule has 1 amide bonds. The topological polar surface area (TPSA) is 56.1 Å². The van der Waals surface area contributed by atoms with Crippen LogP contribution in [0.1, 0.15) is 28.8 Å². The second kappa shape index (κ2) is 6.49. The lowest BCUT2D eigenvalue weighted by molar-refractivity contribution is 0.102. The Morgan fingerprint density at radius 3 is 2.61 bits per heavy atom. The number of hydrogen-bond acceptors (Lipinski definition) is 3. The summed E-state index contributed by atoms with van der Waals surface area (Å²) in [7, 11) is 0. The number of rotatable bonds is 3. The summed E-state index contributed by atoms with van der Waals surface area (Å²) in [5.41, 5.74) is 1.74. The first-order valence-corrected chi connectivity index (χ1v) is 7.54. The van der Waals surface area contributed by atoms with Crippen LogP contribution in [0.3, 0.4) is 0 Å². The van der Waals surface area contributed by atoms with Crippen molar-refractivity contribution in [3.63, 3.8) is 0 Å². The van der Waals surface area contributed by atoms with Crippen LogP contribution in [0.4, 0.5) is 15.8 Å². The van der Waals surface area contributed by atoms with Crippen molar-refractivity contribution in [2.75, 3.05) is 23.3 Å². The molecule has 1 N–H and O–H groups in total. The molecule has 0 atom stereocenters. The molecule has 2 aromatic rings. The largest absolute Gasteiger partial charge is 0.370 e. The lowest BCUT2D eigenvalue weighted by atomic mass is 10.1. The van der Waals surface area contributed by atoms with Crippen LogP contribution >= 0.6 is 0 Å². The molecule has 1 saturated heterocycles. The normalized spacial score (nSPS) is 13.7. The van der Waals surface area contributed by atoms with Crippen molar-refractivity contribution in [1.82, 2.24) is 0 Å². The summed E-state index contributed by atoms with van der Waals surface area (Å²) in [6.45, 7) is 1.91. The predicted molar refractivity (Wildman–Crippen MR) is 87.0 cm³/mol. The van der Waals surface area contributed by atoms with Gasteiger partial charge in [0.2, 0.25) is 0 Å². The molecule has 1 heterocycles. The first-order chi connectivity index (χ1) is 11.2. The molecule has 0 bridgehead atoms. The van der Waals surface area contributed by atoms with Crippen molar-refractivity contribution < 1.29 is 9.18 Å². The van der Waals surface area contributed by atoms with E-state index in [-0.39, 0.29) is 11.1 Å². The van der Waals surface area contributed by atoms with Crippen molar-refractivity contribution in [3.8, 4) is 6.07 Å². The van der Waals surface area contributed by atoms with E-state index in [1.807, 2.05) is 30.3 Å². The van der Waals surface area contributed by atoms with Crippen LogP contribution in [0.25, 0.3) is 0 Å². The van der Waals surface area contributed by atoms with Gasteiger partial charge in [-0.25, -0.2) is 4.39 Å². The lowest BCUT2D eigenvalue weighted by Gasteiger charge is -2.21. The van der Waals surface area contributed by atoms with E-state index >= 15 is 0 Å². The maximum atomic E-state index is 14.0. The van der Waals surface area contributed by atoms with Crippen LogP contribution in [0, 0.1) is 17.1 Å². The van der Waals surface area contributed by atoms with Gasteiger partial charge < -0.3 is 10.2 Å². The van der Waals surface area contributed by atoms with Crippen LogP contribution in [-0.4, -0.2) is 19.0 Å². The third kappa shape index (κ3) is 3.16. The highest BCUT2D eigenvalue weighted by Crippen LogP contribution is 2.29. The van der Waals surface area contributed by atoms with Crippen LogP contribution in [0.2, 0.25) is 0 Å². The summed E-state index contributed by atoms with van der Waals surface area (Å²) in [4.78, 5) is 14.6. The van der Waals surface area contributed by atoms with Gasteiger partial charge in [-0.1, -0.05) is 12.1 Å². The molecule has 1 aliphatic heterocycles. The van der Waals surface area contributed by atoms with Gasteiger partial charge in [0, 0.05) is 13.1 Å². The second-order valence-corrected chi connectivity index (χ2v) is 5.47. The highest BCUT2D eigenvalue weighted by Gasteiger charge is 2.18. The van der Waals surface area contributed by atoms with E-state index in [1.54, 1.807) is 0 Å². The molecule has 0 spiro atoms. The minimum absolute atomic E-state index is 0.0692. The van der Waals surface area contributed by atoms with Gasteiger partial charge in [0.1, 0.15) is 5.82 Å². The second-order valence-electron chi connectivity index (χ2n) is 5.47. The molecule has 3 rings (SSSR count). The number of anilines is 2. The van der Waals surface area contributed by atoms with Crippen LogP contribution in [0.15, 0.2) is 42.5 Å². The van der Waals surface area contributed by atoms with E-state index in [4.69, 9.17) is 5.26 Å². The number of amides is 1. The summed E-state index contributed by atoms with van der Waals surface area (Å²) in [6, 6.07) is 13.2. The van der Waals surface area contributed by atoms with E-state index in [0.29, 0.717) is 5.69 Å². The zero-order chi connectivity index (χ0) is 16.2. The number of halogens is 1. The zero-order valence-electron chi connectivity index (χ0n) is 12.6. The fraction of sp³-hybridized carbons (Fsp3) is 0.222. The van der Waals surface area contributed by atoms with E-state index in [2.05, 4.69) is 10.2 Å². The Morgan fingerprint density at radius 1 is 1.17 bits per heavy atom. The molecule has 0 radical (unpaired) electrons. The third-order valence-corrected chi connectivity index (χ3v) is 3.94. The van der Waals surface area contributed by atoms with E-state index in [0.717, 1.165) is 37.7 Å². The molecule has 5 heteroatoms. The Labute approximate surface area is 134 Å². The number of nitrogens with zero attached hydrogens (tertiary/aromatic N) is 2. The number of para-hydroxylation sites is 2. The van der Waals surface area contributed by atoms with Crippen LogP contribution in [-0.2, 0) is 0 Å². The maximum absolute atomic E-state index is 14.0. The molecule has 0 saturated carbocycles. The fourth-order valence-electron chi connectivity index (χ4n) is 2.77. The number of nitriles is 1. The standard InChI is InChI=1S/C18H16FN3O/c19-15-11-13(12-20)7-8-14(15)18(23)21-16-5-1-2-6-17(16)22-9-3-4-10-22/h1-2,5-8,11H,3-4,9-10H2,(H,21,23). The van der Waals surface area contributed by atoms with Gasteiger partial charge in [0.15, 0.2) is 0 Å². The van der Waals surface area contributed by atoms with Crippen molar-refractivity contribution in [2.24, 2.45) is 0 Å². The summed E-state index contributed by atoms with van der Waals surface area (Å²) >= 11 is 0. The first kappa shape index (κ1) is 15.0. The monoisotopic (exact) mass is 309 g/mol. The summed E-state index contributed by atoms with van der Waals surface area (Å²) in [5.74, 6) is -1.21. The third-order valence-electron chi connectivity index (χ3n) is 3.94. The minimum Gasteiger partial charge on any atom is -0.370 e. The zero-order valence-corrected chi connectivity index (χ0v) is 12.6. The molecule has 0 aromatic heterocycles. The molecule has 4 nitrogen and oxygen atoms in total. The number of carbonyl (C=O) groups is 1. The molecule has 116 valence electrons. The average molecular weight is 309 g/mol. The number of benzene rings is 2. The lowest BCUT2D eigenvalue weighted by Crippen LogP contribution is -2.21. The Hall–Kier alpha value is -2.87. The molecule has 1 aliphatic rings. The molecule has 0 unspecified atom stereocenters. The molecule has 1 fully saturated rings. The quantitative estimate of drug-likeness (QED) is 0.943. The van der Waals surface area contributed by atoms with E-state index < -0.39 is 11.7 Å². The Balaban J connectivity index is 1.85. The summed E-state index contributed by atoms with van der Waals surface area (Å²) in [5, 5.41) is 11.5. The summed E-state index contributed by atoms with van der Waals surface area (Å²) in [6.07, 6.45) is 2.26. The van der Waals surface area contributed by atoms with Gasteiger partial charge in [-0.05, 0) is 43.2 Å². The van der Waals surface area contributed by atoms with Gasteiger partial charge in [0.25, 0.3) is 5.91 Å². The molecule has 0 aliphatic carbocycles. The number of nitrogens with one attached hydrogen (secondary N) is 1. The molecular weight excluding hydrogens is 293 g/mol. The van der Waals surface area contributed by atoms with Crippen molar-refractivity contribution in [2.45, 2.75) is 12.8 Å². The fourth-order valence-corrected chi connectivity index (χ4v) is 2.77. The van der Waals surface area contributed by atoms with Gasteiger partial charge in [-0.2, -0.15) is 5.26 Å². The van der Waals surface area contributed by atoms with Gasteiger partial charge in [-0.3, -0.25) is 4.79 Å². The van der Waals surface area contributed by atoms with E-state index in [1.165, 1.54) is 12.1 Å². The molecule has 2 aromatic carbocycles. The summed E-state index contributed by atoms with van der Waals surface area (Å²) < 4.78 is 14.0. The van der Waals surface area contributed by atoms with E-state index in [9.17, 15) is 9.18 Å². The van der Waals surface area contributed by atoms with Crippen LogP contribution < -0.4 is 10.2 Å². The Kier molecular flexibility index (Phi) is 4.24. The highest BCUT2D eigenvalue weighted by atomic mass is 19.1. The van der Waals surface area contributed by atoms with Crippen molar-refractivity contribution in [3.05, 3.63) is 59.4 Å². The highest BCUT2D eigenvalue weighted by molar-refractivity contribution is 6.06. The first-order valence-electron chi connectivity index (χ1n) is 7.54. The van der Waals surface area contributed by atoms with Gasteiger partial charge >= 0.3 is 0 Å². The Morgan fingerprint density at radius 2 is 1.91 bits per heavy atom. The maximum Gasteiger partial charge on any atom is 0.258 e. The van der Waals surface area contributed by atoms with Crippen molar-refractivity contribution in [1.29, 1.82) is 5.26 Å². The SMILES string of the molecule is N#Cc1ccc(C(=O)Nc2ccccc2N2CCCC2)c(F)c1. The van der Waals surface area contributed by atoms with Crippen molar-refractivity contribution >= 4 is 17.3 Å². The average Bonchev–Trinajstić information content (AvgIpc) is 3.09. The number of carbonyl (C=O) groups excluding carboxylic acids is 1. The Bertz CT molecular complexity index is 776. The van der Waals surface area contributed by atoms with Gasteiger partial charge in [-0.15, -0.1) is 0 Å². The predicted octanol–water partition coefficient (Wildman–Crippen LogP) is 3.55. The molecule has 23 heavy (non-hydrogen) atoms. The van der Waals surface area contributed by atoms with Gasteiger partial charge in [0.05, 0.1) is 28.6 Å². The smallest absolute Gasteiger partial charge is 0.258 e. The minimum atomic E-state index is -0.694. The number of hydrogen-bond donors (Lipinski definition) is 1.